The molecule has 1 atom stereocenters. The molecular formula is C18H29Cl2NOZr. The Bertz CT molecular complexity index is 473. The summed E-state index contributed by atoms with van der Waals surface area (Å²) < 4.78 is 0. The molecule has 0 aromatic heterocycles. The molecule has 0 saturated heterocycles. The number of unbranched alkanes of at least 4 members (excludes halogenated alkanes) is 2. The molecule has 0 aliphatic carbocycles. The molecule has 1 rings (SSSR count). The zero-order valence-electron chi connectivity index (χ0n) is 14.9. The Morgan fingerprint density at radius 1 is 1.26 bits per heavy atom. The maximum atomic E-state index is 10.4. The van der Waals surface area contributed by atoms with Crippen LogP contribution in [0.1, 0.15) is 71.4 Å². The van der Waals surface area contributed by atoms with E-state index in [4.69, 9.17) is 17.0 Å². The average Bonchev–Trinajstić information content (AvgIpc) is 2.46. The van der Waals surface area contributed by atoms with Crippen molar-refractivity contribution in [3.63, 3.8) is 0 Å². The van der Waals surface area contributed by atoms with Gasteiger partial charge in [-0.05, 0) is 30.4 Å². The quantitative estimate of drug-likeness (QED) is 0.402. The van der Waals surface area contributed by atoms with Gasteiger partial charge in [0.15, 0.2) is 0 Å². The number of aliphatic imine (C=N–C) groups is 1. The summed E-state index contributed by atoms with van der Waals surface area (Å²) in [6.07, 6.45) is 6.67. The molecule has 23 heavy (non-hydrogen) atoms. The van der Waals surface area contributed by atoms with Gasteiger partial charge in [-0.1, -0.05) is 59.1 Å². The van der Waals surface area contributed by atoms with E-state index in [-0.39, 0.29) is 5.41 Å². The van der Waals surface area contributed by atoms with Crippen LogP contribution in [0, 0.1) is 0 Å². The molecule has 1 aromatic rings. The number of hydrogen-bond donors (Lipinski definition) is 1. The van der Waals surface area contributed by atoms with Gasteiger partial charge in [0.25, 0.3) is 0 Å². The molecule has 0 aliphatic heterocycles. The van der Waals surface area contributed by atoms with Gasteiger partial charge in [0.05, 0.1) is 0 Å². The second-order valence-electron chi connectivity index (χ2n) is 6.69. The molecule has 5 heteroatoms. The van der Waals surface area contributed by atoms with Crippen LogP contribution in [-0.4, -0.2) is 17.4 Å². The standard InChI is InChI=1S/C18H29NO.2ClH.Zr/c1-6-7-8-10-14(2)19-13-15-11-9-12-16(17(15)20)18(3,4)5;;;/h9,11-14,20H,6-8,10H2,1-5H3;2*1H;/q;;;+2/p-2. The first-order valence-electron chi connectivity index (χ1n) is 8.09. The van der Waals surface area contributed by atoms with Gasteiger partial charge in [0, 0.05) is 17.8 Å². The Balaban J connectivity index is 0.00000149. The van der Waals surface area contributed by atoms with Crippen LogP contribution >= 0.6 is 17.0 Å². The van der Waals surface area contributed by atoms with Crippen LogP contribution in [0.15, 0.2) is 23.2 Å². The number of benzene rings is 1. The third-order valence-electron chi connectivity index (χ3n) is 3.57. The summed E-state index contributed by atoms with van der Waals surface area (Å²) in [6, 6.07) is 6.22. The molecule has 2 nitrogen and oxygen atoms in total. The molecular weight excluding hydrogens is 408 g/mol. The Labute approximate surface area is 160 Å². The van der Waals surface area contributed by atoms with Gasteiger partial charge in [-0.2, -0.15) is 0 Å². The van der Waals surface area contributed by atoms with E-state index < -0.39 is 20.8 Å². The van der Waals surface area contributed by atoms with E-state index in [9.17, 15) is 5.11 Å². The molecule has 0 saturated carbocycles. The average molecular weight is 438 g/mol. The fourth-order valence-electron chi connectivity index (χ4n) is 2.24. The number of rotatable bonds is 6. The fraction of sp³-hybridized carbons (Fsp3) is 0.611. The minimum absolute atomic E-state index is 0.0549. The van der Waals surface area contributed by atoms with Crippen molar-refractivity contribution in [2.24, 2.45) is 4.99 Å². The third kappa shape index (κ3) is 9.90. The van der Waals surface area contributed by atoms with E-state index in [1.807, 2.05) is 24.4 Å². The number of para-hydroxylation sites is 1. The first-order chi connectivity index (χ1) is 10.8. The van der Waals surface area contributed by atoms with E-state index in [0.29, 0.717) is 11.8 Å². The SMILES string of the molecule is CCCCCC(C)N=Cc1cccc(C(C)(C)C)c1O.[Cl][Zr][Cl]. The van der Waals surface area contributed by atoms with Crippen LogP contribution < -0.4 is 0 Å². The number of halogens is 2. The predicted octanol–water partition coefficient (Wildman–Crippen LogP) is 6.45. The summed E-state index contributed by atoms with van der Waals surface area (Å²) >= 11 is -0.826. The molecule has 0 bridgehead atoms. The summed E-state index contributed by atoms with van der Waals surface area (Å²) in [4.78, 5) is 4.57. The van der Waals surface area contributed by atoms with Gasteiger partial charge in [-0.25, -0.2) is 0 Å². The van der Waals surface area contributed by atoms with Crippen molar-refractivity contribution >= 4 is 23.2 Å². The zero-order valence-corrected chi connectivity index (χ0v) is 18.8. The van der Waals surface area contributed by atoms with Crippen LogP contribution in [0.2, 0.25) is 0 Å². The molecule has 0 aliphatic rings. The van der Waals surface area contributed by atoms with Crippen molar-refractivity contribution in [2.45, 2.75) is 71.8 Å². The van der Waals surface area contributed by atoms with Gasteiger partial charge >= 0.3 is 37.9 Å². The fourth-order valence-corrected chi connectivity index (χ4v) is 2.24. The first kappa shape index (κ1) is 23.2. The Hall–Kier alpha value is 0.153. The molecule has 0 fully saturated rings. The zero-order chi connectivity index (χ0) is 17.9. The summed E-state index contributed by atoms with van der Waals surface area (Å²) in [5, 5.41) is 10.4. The van der Waals surface area contributed by atoms with Crippen molar-refractivity contribution in [3.05, 3.63) is 29.3 Å². The maximum absolute atomic E-state index is 10.4. The molecule has 0 heterocycles. The van der Waals surface area contributed by atoms with Crippen LogP contribution in [0.25, 0.3) is 0 Å². The topological polar surface area (TPSA) is 32.6 Å². The van der Waals surface area contributed by atoms with Crippen molar-refractivity contribution in [3.8, 4) is 5.75 Å². The number of hydrogen-bond acceptors (Lipinski definition) is 2. The number of aromatic hydroxyl groups is 1. The normalized spacial score (nSPS) is 12.7. The van der Waals surface area contributed by atoms with Gasteiger partial charge in [-0.3, -0.25) is 4.99 Å². The molecule has 0 amide bonds. The van der Waals surface area contributed by atoms with Crippen LogP contribution in [-0.2, 0) is 26.3 Å². The van der Waals surface area contributed by atoms with Crippen LogP contribution in [0.4, 0.5) is 0 Å². The number of nitrogens with zero attached hydrogens (tertiary/aromatic N) is 1. The molecule has 1 aromatic carbocycles. The van der Waals surface area contributed by atoms with Gasteiger partial charge < -0.3 is 5.11 Å². The van der Waals surface area contributed by atoms with Crippen LogP contribution in [0.5, 0.6) is 5.75 Å². The summed E-state index contributed by atoms with van der Waals surface area (Å²) in [5.74, 6) is 0.365. The van der Waals surface area contributed by atoms with E-state index in [1.165, 1.54) is 19.3 Å². The second-order valence-corrected chi connectivity index (χ2v) is 10.4. The van der Waals surface area contributed by atoms with Gasteiger partial charge in [0.2, 0.25) is 0 Å². The van der Waals surface area contributed by atoms with E-state index >= 15 is 0 Å². The number of phenolic OH excluding ortho intramolecular Hbond substituents is 1. The third-order valence-corrected chi connectivity index (χ3v) is 3.57. The van der Waals surface area contributed by atoms with Crippen LogP contribution in [0.3, 0.4) is 0 Å². The van der Waals surface area contributed by atoms with Crippen molar-refractivity contribution in [2.75, 3.05) is 0 Å². The number of phenols is 1. The Kier molecular flexibility index (Phi) is 12.6. The van der Waals surface area contributed by atoms with Gasteiger partial charge in [0.1, 0.15) is 5.75 Å². The molecule has 0 radical (unpaired) electrons. The summed E-state index contributed by atoms with van der Waals surface area (Å²) in [6.45, 7) is 10.7. The second kappa shape index (κ2) is 12.5. The predicted molar refractivity (Wildman–Crippen MR) is 99.7 cm³/mol. The molecule has 0 spiro atoms. The summed E-state index contributed by atoms with van der Waals surface area (Å²) in [7, 11) is 9.87. The van der Waals surface area contributed by atoms with Crippen molar-refractivity contribution < 1.29 is 26.0 Å². The summed E-state index contributed by atoms with van der Waals surface area (Å²) in [5.41, 5.74) is 1.74. The van der Waals surface area contributed by atoms with Crippen molar-refractivity contribution in [1.82, 2.24) is 0 Å². The molecule has 1 unspecified atom stereocenters. The Morgan fingerprint density at radius 3 is 2.39 bits per heavy atom. The molecule has 130 valence electrons. The van der Waals surface area contributed by atoms with Gasteiger partial charge in [-0.15, -0.1) is 0 Å². The van der Waals surface area contributed by atoms with E-state index in [0.717, 1.165) is 17.5 Å². The Morgan fingerprint density at radius 2 is 1.87 bits per heavy atom. The first-order valence-corrected chi connectivity index (χ1v) is 14.4. The van der Waals surface area contributed by atoms with E-state index in [2.05, 4.69) is 39.6 Å². The van der Waals surface area contributed by atoms with E-state index in [1.54, 1.807) is 0 Å². The molecule has 1 N–H and O–H groups in total. The minimum atomic E-state index is -0.826. The van der Waals surface area contributed by atoms with Crippen molar-refractivity contribution in [1.29, 1.82) is 0 Å². The monoisotopic (exact) mass is 435 g/mol.